The fourth-order valence-corrected chi connectivity index (χ4v) is 10.7. The molecule has 67 heavy (non-hydrogen) atoms. The molecule has 0 radical (unpaired) electrons. The molecule has 4 aliphatic heterocycles. The summed E-state index contributed by atoms with van der Waals surface area (Å²) in [6.07, 6.45) is 1.32. The Labute approximate surface area is 418 Å². The van der Waals surface area contributed by atoms with Gasteiger partial charge in [0.2, 0.25) is 5.69 Å². The quantitative estimate of drug-likeness (QED) is 0.165. The van der Waals surface area contributed by atoms with E-state index in [0.717, 1.165) is 78.4 Å². The summed E-state index contributed by atoms with van der Waals surface area (Å²) in [5, 5.41) is 0. The van der Waals surface area contributed by atoms with Gasteiger partial charge in [-0.05, 0) is 102 Å². The van der Waals surface area contributed by atoms with Crippen LogP contribution >= 0.6 is 0 Å². The number of rotatable bonds is 3. The van der Waals surface area contributed by atoms with E-state index in [4.69, 9.17) is 17.1 Å². The first kappa shape index (κ1) is 31.0. The van der Waals surface area contributed by atoms with Crippen molar-refractivity contribution in [2.24, 2.45) is 0 Å². The molecule has 0 aliphatic carbocycles. The second-order valence-corrected chi connectivity index (χ2v) is 23.2. The number of benzene rings is 6. The number of hydrogen-bond donors (Lipinski definition) is 0. The highest BCUT2D eigenvalue weighted by atomic mass is 16.5. The smallest absolute Gasteiger partial charge is 0.410 e. The summed E-state index contributed by atoms with van der Waals surface area (Å²) >= 11 is 0. The second kappa shape index (κ2) is 14.0. The van der Waals surface area contributed by atoms with Gasteiger partial charge in [0.1, 0.15) is 17.5 Å². The number of aromatic nitrogens is 1. The maximum atomic E-state index is 9.52. The van der Waals surface area contributed by atoms with Crippen molar-refractivity contribution in [1.82, 2.24) is 0 Å². The number of fused-ring (bicyclic) bond motifs is 5. The van der Waals surface area contributed by atoms with E-state index in [-0.39, 0.29) is 27.4 Å². The highest BCUT2D eigenvalue weighted by Crippen LogP contribution is 2.68. The van der Waals surface area contributed by atoms with E-state index in [9.17, 15) is 5.48 Å². The van der Waals surface area contributed by atoms with E-state index in [1.54, 1.807) is 12.1 Å². The molecule has 4 nitrogen and oxygen atoms in total. The molecule has 0 saturated heterocycles. The Kier molecular flexibility index (Phi) is 6.47. The van der Waals surface area contributed by atoms with Gasteiger partial charge in [-0.3, -0.25) is 0 Å². The van der Waals surface area contributed by atoms with Crippen molar-refractivity contribution in [3.8, 4) is 50.4 Å². The van der Waals surface area contributed by atoms with Gasteiger partial charge in [-0.25, -0.2) is 4.90 Å². The van der Waals surface area contributed by atoms with Gasteiger partial charge in [0.15, 0.2) is 6.20 Å². The van der Waals surface area contributed by atoms with Crippen molar-refractivity contribution in [2.75, 3.05) is 9.80 Å². The lowest BCUT2D eigenvalue weighted by Crippen LogP contribution is -2.71. The predicted octanol–water partition coefficient (Wildman–Crippen LogP) is 16.2. The predicted molar refractivity (Wildman–Crippen MR) is 280 cm³/mol. The summed E-state index contributed by atoms with van der Waals surface area (Å²) < 4.78 is 124. The Balaban J connectivity index is 1.27. The molecule has 2 atom stereocenters. The lowest BCUT2D eigenvalue weighted by atomic mass is 9.77. The van der Waals surface area contributed by atoms with Gasteiger partial charge < -0.3 is 9.64 Å². The molecule has 2 unspecified atom stereocenters. The van der Waals surface area contributed by atoms with Gasteiger partial charge in [-0.15, -0.1) is 4.57 Å². The summed E-state index contributed by atoms with van der Waals surface area (Å²) in [5.41, 5.74) is 8.43. The molecule has 340 valence electrons. The largest absolute Gasteiger partial charge is 0.432 e. The Bertz CT molecular complexity index is 3710. The van der Waals surface area contributed by atoms with Crippen LogP contribution in [-0.4, -0.2) is 0 Å². The van der Waals surface area contributed by atoms with Crippen LogP contribution in [-0.2, 0) is 32.9 Å². The minimum absolute atomic E-state index is 0.163. The zero-order valence-electron chi connectivity index (χ0n) is 53.7. The van der Waals surface area contributed by atoms with Crippen molar-refractivity contribution < 1.29 is 27.1 Å². The maximum absolute atomic E-state index is 9.52. The first-order chi connectivity index (χ1) is 36.8. The van der Waals surface area contributed by atoms with Gasteiger partial charge in [0, 0.05) is 52.3 Å². The van der Waals surface area contributed by atoms with Gasteiger partial charge in [0.25, 0.3) is 0 Å². The number of nitrogens with zero attached hydrogens (tertiary/aromatic N) is 3. The van der Waals surface area contributed by atoms with Crippen molar-refractivity contribution >= 4 is 17.1 Å². The van der Waals surface area contributed by atoms with Crippen LogP contribution in [0.4, 0.5) is 17.1 Å². The molecule has 0 saturated carbocycles. The van der Waals surface area contributed by atoms with Crippen LogP contribution in [0.2, 0.25) is 0 Å². The average Bonchev–Trinajstić information content (AvgIpc) is 3.50. The molecule has 6 aromatic carbocycles. The molecule has 0 N–H and O–H groups in total. The average molecular weight is 896 g/mol. The first-order valence-electron chi connectivity index (χ1n) is 30.0. The minimum Gasteiger partial charge on any atom is -0.410 e. The Morgan fingerprint density at radius 1 is 0.537 bits per heavy atom. The lowest BCUT2D eigenvalue weighted by molar-refractivity contribution is -0.774. The van der Waals surface area contributed by atoms with Crippen molar-refractivity contribution in [3.63, 3.8) is 0 Å². The number of pyridine rings is 1. The molecular weight excluding hydrogens is 815 g/mol. The number of para-hydroxylation sites is 1. The Morgan fingerprint density at radius 3 is 1.85 bits per heavy atom. The summed E-state index contributed by atoms with van der Waals surface area (Å²) in [5.74, 6) is -0.707. The van der Waals surface area contributed by atoms with Gasteiger partial charge >= 0.3 is 5.85 Å². The molecule has 1 spiro atoms. The summed E-state index contributed by atoms with van der Waals surface area (Å²) in [6, 6.07) is 32.7. The molecule has 0 amide bonds. The zero-order valence-corrected chi connectivity index (χ0v) is 40.7. The standard InChI is InChI=1S/C63H68N3O/c1-58(2,3)41-26-24-38(25-27-41)40-30-31-64-53(32-40)48-35-43(60(7,8)9)34-47-45-22-19-23-52-55(45)66-57(65(52)51-29-28-42(59(4,5)6)33-46(51)39-20-17-16-18-21-39)49-36-44(61(10,11)12)37-50(62(13,14)15)56(49)67-63(64,66)54(47)48/h16-37,57H,1-15H3/q+1/i1D3,2D3,3D3,24D,25D,26D,27D. The van der Waals surface area contributed by atoms with Gasteiger partial charge in [-0.2, -0.15) is 0 Å². The van der Waals surface area contributed by atoms with E-state index in [1.165, 1.54) is 5.56 Å². The molecule has 0 fully saturated rings. The van der Waals surface area contributed by atoms with E-state index in [1.807, 2.05) is 12.3 Å². The number of ether oxygens (including phenoxy) is 1. The van der Waals surface area contributed by atoms with E-state index in [2.05, 4.69) is 182 Å². The molecule has 4 heteroatoms. The van der Waals surface area contributed by atoms with Crippen LogP contribution in [0, 0.1) is 0 Å². The highest BCUT2D eigenvalue weighted by molar-refractivity contribution is 6.03. The maximum Gasteiger partial charge on any atom is 0.432 e. The monoisotopic (exact) mass is 896 g/mol. The third kappa shape index (κ3) is 6.41. The van der Waals surface area contributed by atoms with Crippen LogP contribution in [0.25, 0.3) is 44.6 Å². The molecule has 1 aromatic heterocycles. The number of anilines is 3. The fraction of sp³-hybridized carbons (Fsp3) is 0.349. The molecule has 4 aliphatic rings. The SMILES string of the molecule is [2H]c1c([2H])c(C(C([2H])([2H])[2H])(C([2H])([2H])[2H])C([2H])([2H])[2H])c([2H])c([2H])c1-c1cc[n+]2c(c1)-c1cc(C(C)(C)C)cc3c1C21Oc2c(cc(C(C)(C)C)cc2C(C)(C)C)C2N(c4ccc(C(C)(C)C)cc4-c4ccccc4)c4cccc-3c4N21. The van der Waals surface area contributed by atoms with Gasteiger partial charge in [-0.1, -0.05) is 182 Å². The van der Waals surface area contributed by atoms with Crippen molar-refractivity contribution in [1.29, 1.82) is 0 Å². The molecule has 11 rings (SSSR count). The third-order valence-corrected chi connectivity index (χ3v) is 14.3. The summed E-state index contributed by atoms with van der Waals surface area (Å²) in [4.78, 5) is 4.91. The molecule has 0 bridgehead atoms. The van der Waals surface area contributed by atoms with Crippen molar-refractivity contribution in [2.45, 2.75) is 143 Å². The molecule has 5 heterocycles. The number of hydrogen-bond acceptors (Lipinski definition) is 3. The van der Waals surface area contributed by atoms with E-state index < -0.39 is 73.1 Å². The van der Waals surface area contributed by atoms with Crippen LogP contribution in [0.5, 0.6) is 5.75 Å². The highest BCUT2D eigenvalue weighted by Gasteiger charge is 2.70. The minimum atomic E-state index is -3.81. The van der Waals surface area contributed by atoms with Crippen molar-refractivity contribution in [3.05, 3.63) is 172 Å². The van der Waals surface area contributed by atoms with E-state index in [0.29, 0.717) is 5.69 Å². The summed E-state index contributed by atoms with van der Waals surface area (Å²) in [6.45, 7) is 15.0. The van der Waals surface area contributed by atoms with E-state index >= 15 is 0 Å². The molecule has 7 aromatic rings. The van der Waals surface area contributed by atoms with Crippen LogP contribution in [0.15, 0.2) is 133 Å². The lowest BCUT2D eigenvalue weighted by Gasteiger charge is -2.49. The molecular formula is C63H68N3O+. The van der Waals surface area contributed by atoms with Gasteiger partial charge in [0.05, 0.1) is 28.1 Å². The van der Waals surface area contributed by atoms with Crippen LogP contribution < -0.4 is 19.1 Å². The van der Waals surface area contributed by atoms with Crippen LogP contribution in [0.3, 0.4) is 0 Å². The topological polar surface area (TPSA) is 19.6 Å². The fourth-order valence-electron chi connectivity index (χ4n) is 10.7. The summed E-state index contributed by atoms with van der Waals surface area (Å²) in [7, 11) is 0. The van der Waals surface area contributed by atoms with Crippen LogP contribution in [0.1, 0.15) is 167 Å². The zero-order chi connectivity index (χ0) is 58.5. The normalized spacial score (nSPS) is 21.4. The third-order valence-electron chi connectivity index (χ3n) is 14.3. The second-order valence-electron chi connectivity index (χ2n) is 23.2. The Hall–Kier alpha value is -6.13. The first-order valence-corrected chi connectivity index (χ1v) is 23.5. The Morgan fingerprint density at radius 2 is 1.19 bits per heavy atom.